The van der Waals surface area contributed by atoms with E-state index in [1.54, 1.807) is 0 Å². The highest BCUT2D eigenvalue weighted by Gasteiger charge is 2.39. The number of urea groups is 1. The summed E-state index contributed by atoms with van der Waals surface area (Å²) in [4.78, 5) is 24.3. The van der Waals surface area contributed by atoms with E-state index >= 15 is 0 Å². The number of nitrogens with zero attached hydrogens (tertiary/aromatic N) is 1. The number of carbonyl (C=O) groups excluding carboxylic acids is 1. The fourth-order valence-corrected chi connectivity index (χ4v) is 2.87. The van der Waals surface area contributed by atoms with Crippen molar-refractivity contribution in [2.45, 2.75) is 50.8 Å². The predicted octanol–water partition coefficient (Wildman–Crippen LogP) is 0.404. The summed E-state index contributed by atoms with van der Waals surface area (Å²) in [7, 11) is 0. The minimum Gasteiger partial charge on any atom is -0.480 e. The molecule has 4 atom stereocenters. The number of likely N-dealkylation sites (tertiary alicyclic amines) is 1. The standard InChI is InChI=1S/C12H20N2O4/c1-7-2-3-8(4-7)13-12(18)14-6-9(15)5-10(14)11(16)17/h7-10,15H,2-6H2,1H3,(H,13,18)(H,16,17). The maximum atomic E-state index is 12.0. The monoisotopic (exact) mass is 256 g/mol. The van der Waals surface area contributed by atoms with Gasteiger partial charge in [-0.1, -0.05) is 6.92 Å². The summed E-state index contributed by atoms with van der Waals surface area (Å²) in [5, 5.41) is 21.4. The number of β-amino-alcohol motifs (C(OH)–C–C–N with tert-alkyl or cyclic N) is 1. The van der Waals surface area contributed by atoms with Crippen LogP contribution in [-0.2, 0) is 4.79 Å². The Morgan fingerprint density at radius 1 is 1.28 bits per heavy atom. The number of carboxylic acid groups (broad SMARTS) is 1. The number of carboxylic acids is 1. The van der Waals surface area contributed by atoms with Gasteiger partial charge in [0.15, 0.2) is 0 Å². The molecule has 1 saturated carbocycles. The summed E-state index contributed by atoms with van der Waals surface area (Å²) in [6.07, 6.45) is 2.36. The molecule has 4 unspecified atom stereocenters. The molecule has 18 heavy (non-hydrogen) atoms. The number of hydrogen-bond donors (Lipinski definition) is 3. The van der Waals surface area contributed by atoms with E-state index in [1.165, 1.54) is 4.90 Å². The average molecular weight is 256 g/mol. The molecule has 2 fully saturated rings. The quantitative estimate of drug-likeness (QED) is 0.667. The molecule has 0 radical (unpaired) electrons. The molecule has 6 heteroatoms. The van der Waals surface area contributed by atoms with Gasteiger partial charge in [-0.2, -0.15) is 0 Å². The molecule has 1 aliphatic carbocycles. The highest BCUT2D eigenvalue weighted by Crippen LogP contribution is 2.25. The van der Waals surface area contributed by atoms with E-state index in [2.05, 4.69) is 12.2 Å². The van der Waals surface area contributed by atoms with Crippen molar-refractivity contribution >= 4 is 12.0 Å². The molecule has 0 aromatic carbocycles. The molecule has 6 nitrogen and oxygen atoms in total. The Morgan fingerprint density at radius 3 is 2.56 bits per heavy atom. The van der Waals surface area contributed by atoms with Crippen LogP contribution in [0.15, 0.2) is 0 Å². The first kappa shape index (κ1) is 13.1. The van der Waals surface area contributed by atoms with E-state index in [9.17, 15) is 14.7 Å². The first-order chi connectivity index (χ1) is 8.47. The van der Waals surface area contributed by atoms with Gasteiger partial charge in [-0.3, -0.25) is 0 Å². The largest absolute Gasteiger partial charge is 0.480 e. The number of aliphatic carboxylic acids is 1. The van der Waals surface area contributed by atoms with Gasteiger partial charge >= 0.3 is 12.0 Å². The minimum atomic E-state index is -1.05. The van der Waals surface area contributed by atoms with Crippen LogP contribution >= 0.6 is 0 Å². The van der Waals surface area contributed by atoms with Gasteiger partial charge in [0.2, 0.25) is 0 Å². The van der Waals surface area contributed by atoms with Gasteiger partial charge < -0.3 is 20.4 Å². The zero-order valence-electron chi connectivity index (χ0n) is 10.5. The Bertz CT molecular complexity index is 347. The lowest BCUT2D eigenvalue weighted by Crippen LogP contribution is -2.48. The Kier molecular flexibility index (Phi) is 3.75. The zero-order valence-corrected chi connectivity index (χ0v) is 10.5. The topological polar surface area (TPSA) is 89.9 Å². The number of hydrogen-bond acceptors (Lipinski definition) is 3. The van der Waals surface area contributed by atoms with Crippen LogP contribution in [0.5, 0.6) is 0 Å². The Morgan fingerprint density at radius 2 is 2.00 bits per heavy atom. The summed E-state index contributed by atoms with van der Waals surface area (Å²) in [5.41, 5.74) is 0. The van der Waals surface area contributed by atoms with Crippen molar-refractivity contribution in [2.24, 2.45) is 5.92 Å². The lowest BCUT2D eigenvalue weighted by Gasteiger charge is -2.24. The minimum absolute atomic E-state index is 0.102. The summed E-state index contributed by atoms with van der Waals surface area (Å²) in [6.45, 7) is 2.25. The van der Waals surface area contributed by atoms with Crippen molar-refractivity contribution < 1.29 is 19.8 Å². The van der Waals surface area contributed by atoms with E-state index < -0.39 is 18.1 Å². The lowest BCUT2D eigenvalue weighted by molar-refractivity contribution is -0.141. The van der Waals surface area contributed by atoms with Gasteiger partial charge in [0, 0.05) is 19.0 Å². The average Bonchev–Trinajstić information content (AvgIpc) is 2.85. The fraction of sp³-hybridized carbons (Fsp3) is 0.833. The zero-order chi connectivity index (χ0) is 13.3. The Balaban J connectivity index is 1.93. The molecular weight excluding hydrogens is 236 g/mol. The molecule has 1 heterocycles. The van der Waals surface area contributed by atoms with Gasteiger partial charge in [0.25, 0.3) is 0 Å². The molecule has 1 aliphatic heterocycles. The maximum absolute atomic E-state index is 12.0. The SMILES string of the molecule is CC1CCC(NC(=O)N2CC(O)CC2C(=O)O)C1. The third-order valence-corrected chi connectivity index (χ3v) is 3.85. The summed E-state index contributed by atoms with van der Waals surface area (Å²) in [5.74, 6) is -0.448. The number of rotatable bonds is 2. The maximum Gasteiger partial charge on any atom is 0.326 e. The molecule has 2 aliphatic rings. The normalized spacial score (nSPS) is 35.8. The van der Waals surface area contributed by atoms with Crippen LogP contribution in [0.3, 0.4) is 0 Å². The van der Waals surface area contributed by atoms with E-state index in [1.807, 2.05) is 0 Å². The van der Waals surface area contributed by atoms with Crippen molar-refractivity contribution in [2.75, 3.05) is 6.54 Å². The molecule has 0 aromatic heterocycles. The number of aliphatic hydroxyl groups is 1. The van der Waals surface area contributed by atoms with E-state index in [0.717, 1.165) is 19.3 Å². The lowest BCUT2D eigenvalue weighted by atomic mass is 10.1. The van der Waals surface area contributed by atoms with E-state index in [-0.39, 0.29) is 25.0 Å². The van der Waals surface area contributed by atoms with Crippen molar-refractivity contribution in [1.29, 1.82) is 0 Å². The number of nitrogens with one attached hydrogen (secondary N) is 1. The molecule has 3 N–H and O–H groups in total. The highest BCUT2D eigenvalue weighted by atomic mass is 16.4. The second kappa shape index (κ2) is 5.14. The van der Waals surface area contributed by atoms with Crippen LogP contribution < -0.4 is 5.32 Å². The summed E-state index contributed by atoms with van der Waals surface area (Å²) >= 11 is 0. The van der Waals surface area contributed by atoms with Crippen molar-refractivity contribution in [1.82, 2.24) is 10.2 Å². The van der Waals surface area contributed by atoms with Gasteiger partial charge in [0.1, 0.15) is 6.04 Å². The summed E-state index contributed by atoms with van der Waals surface area (Å²) < 4.78 is 0. The molecule has 0 bridgehead atoms. The van der Waals surface area contributed by atoms with Crippen LogP contribution in [0.4, 0.5) is 4.79 Å². The van der Waals surface area contributed by atoms with Crippen molar-refractivity contribution in [3.63, 3.8) is 0 Å². The van der Waals surface area contributed by atoms with E-state index in [0.29, 0.717) is 5.92 Å². The molecule has 0 spiro atoms. The highest BCUT2D eigenvalue weighted by molar-refractivity contribution is 5.83. The second-order valence-electron chi connectivity index (χ2n) is 5.46. The third-order valence-electron chi connectivity index (χ3n) is 3.85. The number of carbonyl (C=O) groups is 2. The Labute approximate surface area is 106 Å². The van der Waals surface area contributed by atoms with Gasteiger partial charge in [-0.15, -0.1) is 0 Å². The first-order valence-electron chi connectivity index (χ1n) is 6.45. The van der Waals surface area contributed by atoms with Crippen LogP contribution in [0, 0.1) is 5.92 Å². The van der Waals surface area contributed by atoms with Gasteiger partial charge in [-0.25, -0.2) is 9.59 Å². The smallest absolute Gasteiger partial charge is 0.326 e. The molecule has 2 amide bonds. The van der Waals surface area contributed by atoms with Crippen LogP contribution in [-0.4, -0.2) is 51.8 Å². The van der Waals surface area contributed by atoms with Gasteiger partial charge in [-0.05, 0) is 25.2 Å². The first-order valence-corrected chi connectivity index (χ1v) is 6.45. The predicted molar refractivity (Wildman–Crippen MR) is 64.1 cm³/mol. The molecular formula is C12H20N2O4. The summed E-state index contributed by atoms with van der Waals surface area (Å²) in [6, 6.07) is -1.13. The molecule has 102 valence electrons. The molecule has 2 rings (SSSR count). The van der Waals surface area contributed by atoms with Crippen molar-refractivity contribution in [3.05, 3.63) is 0 Å². The fourth-order valence-electron chi connectivity index (χ4n) is 2.87. The van der Waals surface area contributed by atoms with E-state index in [4.69, 9.17) is 5.11 Å². The number of aliphatic hydroxyl groups excluding tert-OH is 1. The van der Waals surface area contributed by atoms with Gasteiger partial charge in [0.05, 0.1) is 6.10 Å². The molecule has 1 saturated heterocycles. The van der Waals surface area contributed by atoms with Crippen molar-refractivity contribution in [3.8, 4) is 0 Å². The molecule has 0 aromatic rings. The number of amides is 2. The van der Waals surface area contributed by atoms with Crippen LogP contribution in [0.1, 0.15) is 32.6 Å². The third kappa shape index (κ3) is 2.75. The Hall–Kier alpha value is -1.30. The van der Waals surface area contributed by atoms with Crippen LogP contribution in [0.2, 0.25) is 0 Å². The van der Waals surface area contributed by atoms with Crippen LogP contribution in [0.25, 0.3) is 0 Å². The second-order valence-corrected chi connectivity index (χ2v) is 5.46.